The maximum atomic E-state index is 11.5. The van der Waals surface area contributed by atoms with E-state index in [2.05, 4.69) is 6.92 Å². The lowest BCUT2D eigenvalue weighted by Gasteiger charge is -2.42. The minimum absolute atomic E-state index is 0.0478. The van der Waals surface area contributed by atoms with Gasteiger partial charge < -0.3 is 64.2 Å². The standard InChI is InChI=1S/C25H46O14/c1-3-4-5-6-7-8-9-34-11-15(37-14(2)27)12-35-24-23(33)21(31)19(29)17(39-24)13-36-25-22(32)20(30)18(28)16(10-26)38-25/h15-26,28-33H,3-13H2,1-2H3. The second-order valence-electron chi connectivity index (χ2n) is 9.95. The van der Waals surface area contributed by atoms with Crippen LogP contribution >= 0.6 is 0 Å². The number of carbonyl (C=O) groups excluding carboxylic acids is 1. The van der Waals surface area contributed by atoms with Crippen LogP contribution in [0.2, 0.25) is 0 Å². The van der Waals surface area contributed by atoms with E-state index in [4.69, 9.17) is 28.4 Å². The van der Waals surface area contributed by atoms with Gasteiger partial charge in [-0.15, -0.1) is 0 Å². The van der Waals surface area contributed by atoms with Gasteiger partial charge in [0.1, 0.15) is 54.9 Å². The Balaban J connectivity index is 1.86. The number of aliphatic hydroxyl groups excluding tert-OH is 7. The highest BCUT2D eigenvalue weighted by molar-refractivity contribution is 5.66. The monoisotopic (exact) mass is 570 g/mol. The van der Waals surface area contributed by atoms with Crippen molar-refractivity contribution in [3.8, 4) is 0 Å². The predicted octanol–water partition coefficient (Wildman–Crippen LogP) is -2.06. The van der Waals surface area contributed by atoms with E-state index in [1.54, 1.807) is 0 Å². The van der Waals surface area contributed by atoms with Gasteiger partial charge in [-0.1, -0.05) is 39.0 Å². The molecule has 0 aromatic carbocycles. The van der Waals surface area contributed by atoms with Crippen molar-refractivity contribution >= 4 is 5.97 Å². The van der Waals surface area contributed by atoms with Crippen LogP contribution in [0.1, 0.15) is 52.4 Å². The van der Waals surface area contributed by atoms with Gasteiger partial charge in [0.25, 0.3) is 0 Å². The van der Waals surface area contributed by atoms with Crippen LogP contribution in [0.25, 0.3) is 0 Å². The molecule has 0 radical (unpaired) electrons. The molecule has 0 aliphatic carbocycles. The lowest BCUT2D eigenvalue weighted by atomic mass is 9.98. The Kier molecular flexibility index (Phi) is 15.5. The summed E-state index contributed by atoms with van der Waals surface area (Å²) in [5.74, 6) is -0.557. The SMILES string of the molecule is CCCCCCCCOCC(COC1OC(COC2OC(CO)C(O)C(O)C2O)C(O)C(O)C1O)OC(C)=O. The molecular weight excluding hydrogens is 524 g/mol. The van der Waals surface area contributed by atoms with Crippen molar-refractivity contribution in [2.45, 2.75) is 120 Å². The van der Waals surface area contributed by atoms with E-state index < -0.39 is 86.7 Å². The summed E-state index contributed by atoms with van der Waals surface area (Å²) < 4.78 is 32.6. The summed E-state index contributed by atoms with van der Waals surface area (Å²) in [6.07, 6.45) is -9.50. The third kappa shape index (κ3) is 10.7. The van der Waals surface area contributed by atoms with Crippen molar-refractivity contribution in [3.63, 3.8) is 0 Å². The van der Waals surface area contributed by atoms with Gasteiger partial charge in [0.2, 0.25) is 0 Å². The summed E-state index contributed by atoms with van der Waals surface area (Å²) in [6, 6.07) is 0. The van der Waals surface area contributed by atoms with Crippen LogP contribution in [-0.4, -0.2) is 142 Å². The smallest absolute Gasteiger partial charge is 0.303 e. The number of esters is 1. The zero-order chi connectivity index (χ0) is 28.9. The van der Waals surface area contributed by atoms with E-state index in [1.165, 1.54) is 26.2 Å². The van der Waals surface area contributed by atoms with Crippen molar-refractivity contribution in [2.75, 3.05) is 33.0 Å². The van der Waals surface area contributed by atoms with Crippen LogP contribution in [-0.2, 0) is 33.2 Å². The van der Waals surface area contributed by atoms with Crippen LogP contribution in [0.3, 0.4) is 0 Å². The van der Waals surface area contributed by atoms with Gasteiger partial charge in [0.15, 0.2) is 12.6 Å². The van der Waals surface area contributed by atoms with Crippen LogP contribution in [0.5, 0.6) is 0 Å². The van der Waals surface area contributed by atoms with Crippen molar-refractivity contribution in [3.05, 3.63) is 0 Å². The van der Waals surface area contributed by atoms with E-state index in [1.807, 2.05) is 0 Å². The van der Waals surface area contributed by atoms with Gasteiger partial charge in [-0.3, -0.25) is 4.79 Å². The highest BCUT2D eigenvalue weighted by Crippen LogP contribution is 2.26. The molecule has 2 fully saturated rings. The molecule has 2 saturated heterocycles. The second-order valence-corrected chi connectivity index (χ2v) is 9.95. The molecule has 0 spiro atoms. The molecule has 0 aromatic rings. The fourth-order valence-corrected chi connectivity index (χ4v) is 4.34. The summed E-state index contributed by atoms with van der Waals surface area (Å²) in [7, 11) is 0. The molecule has 14 heteroatoms. The Morgan fingerprint density at radius 3 is 1.92 bits per heavy atom. The molecule has 39 heavy (non-hydrogen) atoms. The molecule has 0 saturated carbocycles. The summed E-state index contributed by atoms with van der Waals surface area (Å²) in [5, 5.41) is 70.2. The summed E-state index contributed by atoms with van der Waals surface area (Å²) in [6.45, 7) is 2.54. The van der Waals surface area contributed by atoms with Crippen molar-refractivity contribution in [1.82, 2.24) is 0 Å². The summed E-state index contributed by atoms with van der Waals surface area (Å²) in [4.78, 5) is 11.5. The number of hydrogen-bond donors (Lipinski definition) is 7. The van der Waals surface area contributed by atoms with E-state index >= 15 is 0 Å². The number of rotatable bonds is 17. The highest BCUT2D eigenvalue weighted by Gasteiger charge is 2.47. The Morgan fingerprint density at radius 2 is 1.31 bits per heavy atom. The Hall–Kier alpha value is -1.01. The van der Waals surface area contributed by atoms with Gasteiger partial charge in [-0.05, 0) is 6.42 Å². The maximum Gasteiger partial charge on any atom is 0.303 e. The lowest BCUT2D eigenvalue weighted by molar-refractivity contribution is -0.332. The fourth-order valence-electron chi connectivity index (χ4n) is 4.34. The molecule has 11 atom stereocenters. The molecule has 11 unspecified atom stereocenters. The molecule has 2 heterocycles. The van der Waals surface area contributed by atoms with Crippen molar-refractivity contribution < 1.29 is 69.0 Å². The number of aliphatic hydroxyl groups is 7. The van der Waals surface area contributed by atoms with Crippen LogP contribution in [0.15, 0.2) is 0 Å². The third-order valence-electron chi connectivity index (χ3n) is 6.67. The third-order valence-corrected chi connectivity index (χ3v) is 6.67. The second kappa shape index (κ2) is 17.7. The zero-order valence-electron chi connectivity index (χ0n) is 22.6. The first-order valence-corrected chi connectivity index (χ1v) is 13.6. The fraction of sp³-hybridized carbons (Fsp3) is 0.960. The zero-order valence-corrected chi connectivity index (χ0v) is 22.6. The Morgan fingerprint density at radius 1 is 0.744 bits per heavy atom. The van der Waals surface area contributed by atoms with Gasteiger partial charge in [0, 0.05) is 13.5 Å². The topological polar surface area (TPSA) is 214 Å². The van der Waals surface area contributed by atoms with Crippen LogP contribution in [0.4, 0.5) is 0 Å². The number of carbonyl (C=O) groups is 1. The molecule has 0 bridgehead atoms. The van der Waals surface area contributed by atoms with Crippen LogP contribution in [0, 0.1) is 0 Å². The van der Waals surface area contributed by atoms with Gasteiger partial charge >= 0.3 is 5.97 Å². The van der Waals surface area contributed by atoms with Gasteiger partial charge in [-0.2, -0.15) is 0 Å². The molecule has 2 rings (SSSR count). The molecule has 0 amide bonds. The Bertz CT molecular complexity index is 681. The first-order valence-electron chi connectivity index (χ1n) is 13.6. The molecule has 2 aliphatic heterocycles. The quantitative estimate of drug-likeness (QED) is 0.0740. The largest absolute Gasteiger partial charge is 0.458 e. The molecule has 0 aromatic heterocycles. The average molecular weight is 571 g/mol. The first-order chi connectivity index (χ1) is 18.6. The molecule has 2 aliphatic rings. The van der Waals surface area contributed by atoms with Crippen LogP contribution < -0.4 is 0 Å². The number of unbranched alkanes of at least 4 members (excludes halogenated alkanes) is 5. The maximum absolute atomic E-state index is 11.5. The first kappa shape index (κ1) is 34.2. The van der Waals surface area contributed by atoms with Gasteiger partial charge in [-0.25, -0.2) is 0 Å². The van der Waals surface area contributed by atoms with Crippen molar-refractivity contribution in [1.29, 1.82) is 0 Å². The normalized spacial score (nSPS) is 36.0. The molecular formula is C25H46O14. The van der Waals surface area contributed by atoms with E-state index in [-0.39, 0.29) is 13.2 Å². The summed E-state index contributed by atoms with van der Waals surface area (Å²) in [5.41, 5.74) is 0. The highest BCUT2D eigenvalue weighted by atomic mass is 16.7. The van der Waals surface area contributed by atoms with E-state index in [0.717, 1.165) is 19.3 Å². The molecule has 230 valence electrons. The number of ether oxygens (including phenoxy) is 6. The number of hydrogen-bond acceptors (Lipinski definition) is 14. The van der Waals surface area contributed by atoms with E-state index in [9.17, 15) is 40.5 Å². The lowest BCUT2D eigenvalue weighted by Crippen LogP contribution is -2.61. The molecule has 14 nitrogen and oxygen atoms in total. The molecule has 7 N–H and O–H groups in total. The van der Waals surface area contributed by atoms with E-state index in [0.29, 0.717) is 6.61 Å². The van der Waals surface area contributed by atoms with Crippen molar-refractivity contribution in [2.24, 2.45) is 0 Å². The minimum atomic E-state index is -1.69. The summed E-state index contributed by atoms with van der Waals surface area (Å²) >= 11 is 0. The average Bonchev–Trinajstić information content (AvgIpc) is 2.91. The predicted molar refractivity (Wildman–Crippen MR) is 132 cm³/mol. The minimum Gasteiger partial charge on any atom is -0.458 e. The van der Waals surface area contributed by atoms with Gasteiger partial charge in [0.05, 0.1) is 26.4 Å². The Labute approximate surface area is 228 Å².